The number of carboxylic acid groups (broad SMARTS) is 1. The van der Waals surface area contributed by atoms with Crippen LogP contribution >= 0.6 is 0 Å². The van der Waals surface area contributed by atoms with Crippen molar-refractivity contribution in [1.82, 2.24) is 5.32 Å². The number of rotatable bonds is 6. The van der Waals surface area contributed by atoms with E-state index < -0.39 is 5.97 Å². The lowest BCUT2D eigenvalue weighted by Gasteiger charge is -2.12. The van der Waals surface area contributed by atoms with Gasteiger partial charge in [-0.3, -0.25) is 4.99 Å². The number of hydrogen-bond acceptors (Lipinski definition) is 3. The Kier molecular flexibility index (Phi) is 6.17. The van der Waals surface area contributed by atoms with Crippen molar-refractivity contribution in [2.45, 2.75) is 13.3 Å². The first-order valence-corrected chi connectivity index (χ1v) is 7.49. The standard InChI is InChI=1S/C18H20N2O3/c1-2-19-17(20-15-7-5-3-4-6-8-15)13-23-16-11-9-14(10-12-16)18(21)22/h3-5,7-12H,2,6,13H2,1H3,(H,19,20)(H,21,22). The maximum Gasteiger partial charge on any atom is 0.335 e. The fourth-order valence-corrected chi connectivity index (χ4v) is 2.00. The number of aromatic carboxylic acids is 1. The summed E-state index contributed by atoms with van der Waals surface area (Å²) in [6.07, 6.45) is 11.0. The third-order valence-corrected chi connectivity index (χ3v) is 3.11. The zero-order chi connectivity index (χ0) is 16.5. The highest BCUT2D eigenvalue weighted by Gasteiger charge is 2.05. The zero-order valence-electron chi connectivity index (χ0n) is 13.0. The molecule has 1 aromatic carbocycles. The average molecular weight is 312 g/mol. The largest absolute Gasteiger partial charge is 0.486 e. The van der Waals surface area contributed by atoms with Gasteiger partial charge in [-0.1, -0.05) is 24.3 Å². The molecule has 1 aliphatic rings. The van der Waals surface area contributed by atoms with Gasteiger partial charge in [0.05, 0.1) is 5.56 Å². The molecule has 2 rings (SSSR count). The topological polar surface area (TPSA) is 70.9 Å². The van der Waals surface area contributed by atoms with Crippen LogP contribution in [-0.2, 0) is 0 Å². The molecule has 0 unspecified atom stereocenters. The molecule has 2 N–H and O–H groups in total. The Labute approximate surface area is 135 Å². The number of nitrogens with one attached hydrogen (secondary N) is 1. The summed E-state index contributed by atoms with van der Waals surface area (Å²) in [6, 6.07) is 6.32. The fraction of sp³-hybridized carbons (Fsp3) is 0.222. The van der Waals surface area contributed by atoms with E-state index in [9.17, 15) is 4.79 Å². The summed E-state index contributed by atoms with van der Waals surface area (Å²) >= 11 is 0. The number of amidine groups is 1. The van der Waals surface area contributed by atoms with Gasteiger partial charge in [0, 0.05) is 12.2 Å². The summed E-state index contributed by atoms with van der Waals surface area (Å²) in [4.78, 5) is 15.2. The van der Waals surface area contributed by atoms with Crippen molar-refractivity contribution in [1.29, 1.82) is 0 Å². The van der Waals surface area contributed by atoms with E-state index in [0.29, 0.717) is 18.9 Å². The van der Waals surface area contributed by atoms with Crippen molar-refractivity contribution >= 4 is 11.8 Å². The minimum absolute atomic E-state index is 0.235. The van der Waals surface area contributed by atoms with Gasteiger partial charge in [0.2, 0.25) is 0 Å². The molecule has 0 aromatic heterocycles. The van der Waals surface area contributed by atoms with E-state index in [1.54, 1.807) is 12.1 Å². The molecule has 0 spiro atoms. The molecule has 120 valence electrons. The van der Waals surface area contributed by atoms with Crippen LogP contribution in [0.5, 0.6) is 5.75 Å². The number of hydrogen-bond donors (Lipinski definition) is 2. The van der Waals surface area contributed by atoms with Crippen LogP contribution in [0.3, 0.4) is 0 Å². The normalized spacial score (nSPS) is 14.1. The molecule has 0 saturated carbocycles. The predicted molar refractivity (Wildman–Crippen MR) is 91.0 cm³/mol. The smallest absolute Gasteiger partial charge is 0.335 e. The molecular formula is C18H20N2O3. The molecule has 5 heteroatoms. The molecular weight excluding hydrogens is 292 g/mol. The Morgan fingerprint density at radius 3 is 2.78 bits per heavy atom. The van der Waals surface area contributed by atoms with Gasteiger partial charge in [-0.25, -0.2) is 4.79 Å². The van der Waals surface area contributed by atoms with Crippen LogP contribution < -0.4 is 10.1 Å². The Morgan fingerprint density at radius 2 is 2.09 bits per heavy atom. The van der Waals surface area contributed by atoms with Gasteiger partial charge in [-0.05, 0) is 43.7 Å². The number of benzene rings is 1. The Bertz CT molecular complexity index is 655. The van der Waals surface area contributed by atoms with Crippen LogP contribution in [0.1, 0.15) is 23.7 Å². The van der Waals surface area contributed by atoms with Crippen LogP contribution in [0.4, 0.5) is 0 Å². The SMILES string of the molecule is CCN=C(COc1ccc(C(=O)O)cc1)NC1=CCC=CC=C1. The molecule has 0 bridgehead atoms. The highest BCUT2D eigenvalue weighted by Crippen LogP contribution is 2.12. The molecule has 0 saturated heterocycles. The second kappa shape index (κ2) is 8.58. The monoisotopic (exact) mass is 312 g/mol. The summed E-state index contributed by atoms with van der Waals surface area (Å²) in [7, 11) is 0. The summed E-state index contributed by atoms with van der Waals surface area (Å²) in [5.74, 6) is 0.382. The highest BCUT2D eigenvalue weighted by atomic mass is 16.5. The van der Waals surface area contributed by atoms with E-state index in [4.69, 9.17) is 9.84 Å². The lowest BCUT2D eigenvalue weighted by Crippen LogP contribution is -2.28. The third-order valence-electron chi connectivity index (χ3n) is 3.11. The zero-order valence-corrected chi connectivity index (χ0v) is 13.0. The Hall–Kier alpha value is -2.82. The van der Waals surface area contributed by atoms with Crippen LogP contribution in [0.2, 0.25) is 0 Å². The van der Waals surface area contributed by atoms with Gasteiger partial charge in [-0.2, -0.15) is 0 Å². The van der Waals surface area contributed by atoms with E-state index in [0.717, 1.165) is 18.0 Å². The molecule has 0 heterocycles. The number of allylic oxidation sites excluding steroid dienone is 5. The quantitative estimate of drug-likeness (QED) is 0.625. The molecule has 0 aliphatic heterocycles. The van der Waals surface area contributed by atoms with Gasteiger partial charge in [0.1, 0.15) is 18.2 Å². The number of ether oxygens (including phenoxy) is 1. The van der Waals surface area contributed by atoms with Gasteiger partial charge >= 0.3 is 5.97 Å². The first-order valence-electron chi connectivity index (χ1n) is 7.49. The Morgan fingerprint density at radius 1 is 1.30 bits per heavy atom. The van der Waals surface area contributed by atoms with E-state index >= 15 is 0 Å². The summed E-state index contributed by atoms with van der Waals surface area (Å²) < 4.78 is 5.68. The maximum absolute atomic E-state index is 10.8. The summed E-state index contributed by atoms with van der Waals surface area (Å²) in [5.41, 5.74) is 1.21. The maximum atomic E-state index is 10.8. The predicted octanol–water partition coefficient (Wildman–Crippen LogP) is 3.17. The molecule has 5 nitrogen and oxygen atoms in total. The molecule has 0 amide bonds. The lowest BCUT2D eigenvalue weighted by molar-refractivity contribution is 0.0697. The van der Waals surface area contributed by atoms with Gasteiger partial charge in [0.15, 0.2) is 0 Å². The summed E-state index contributed by atoms with van der Waals surface area (Å²) in [5, 5.41) is 12.1. The fourth-order valence-electron chi connectivity index (χ4n) is 2.00. The third kappa shape index (κ3) is 5.47. The summed E-state index contributed by atoms with van der Waals surface area (Å²) in [6.45, 7) is 2.90. The average Bonchev–Trinajstić information content (AvgIpc) is 2.82. The van der Waals surface area contributed by atoms with Gasteiger partial charge in [-0.15, -0.1) is 0 Å². The van der Waals surface area contributed by atoms with E-state index in [1.165, 1.54) is 12.1 Å². The van der Waals surface area contributed by atoms with Crippen molar-refractivity contribution in [2.75, 3.05) is 13.2 Å². The van der Waals surface area contributed by atoms with Gasteiger partial charge < -0.3 is 15.2 Å². The molecule has 1 aromatic rings. The minimum Gasteiger partial charge on any atom is -0.486 e. The minimum atomic E-state index is -0.952. The van der Waals surface area contributed by atoms with Crippen LogP contribution in [0.15, 0.2) is 65.3 Å². The van der Waals surface area contributed by atoms with Crippen LogP contribution in [0.25, 0.3) is 0 Å². The second-order valence-corrected chi connectivity index (χ2v) is 4.85. The molecule has 0 fully saturated rings. The lowest BCUT2D eigenvalue weighted by atomic mass is 10.2. The van der Waals surface area contributed by atoms with Crippen molar-refractivity contribution in [3.63, 3.8) is 0 Å². The first kappa shape index (κ1) is 16.5. The molecule has 0 atom stereocenters. The highest BCUT2D eigenvalue weighted by molar-refractivity contribution is 5.88. The van der Waals surface area contributed by atoms with Crippen LogP contribution in [0, 0.1) is 0 Å². The van der Waals surface area contributed by atoms with Crippen molar-refractivity contribution < 1.29 is 14.6 Å². The molecule has 23 heavy (non-hydrogen) atoms. The van der Waals surface area contributed by atoms with Crippen molar-refractivity contribution in [3.05, 3.63) is 65.9 Å². The first-order chi connectivity index (χ1) is 11.2. The molecule has 0 radical (unpaired) electrons. The number of carbonyl (C=O) groups is 1. The Balaban J connectivity index is 1.95. The van der Waals surface area contributed by atoms with Gasteiger partial charge in [0.25, 0.3) is 0 Å². The number of nitrogens with zero attached hydrogens (tertiary/aromatic N) is 1. The molecule has 1 aliphatic carbocycles. The number of aliphatic imine (C=N–C) groups is 1. The van der Waals surface area contributed by atoms with E-state index in [2.05, 4.69) is 22.5 Å². The van der Waals surface area contributed by atoms with Crippen molar-refractivity contribution in [3.8, 4) is 5.75 Å². The van der Waals surface area contributed by atoms with Crippen molar-refractivity contribution in [2.24, 2.45) is 4.99 Å². The number of carboxylic acids is 1. The van der Waals surface area contributed by atoms with E-state index in [1.807, 2.05) is 25.2 Å². The van der Waals surface area contributed by atoms with Crippen LogP contribution in [-0.4, -0.2) is 30.1 Å². The van der Waals surface area contributed by atoms with E-state index in [-0.39, 0.29) is 5.56 Å². The second-order valence-electron chi connectivity index (χ2n) is 4.85.